The SMILES string of the molecule is COCOC(CCC[C@@H](C)[C@H]1CC[C@H]2C(=O)CCC[C@]12C)(C(F)(F)F)C(F)(F)F. The highest BCUT2D eigenvalue weighted by Gasteiger charge is 2.71. The smallest absolute Gasteiger partial charge is 0.359 e. The highest BCUT2D eigenvalue weighted by molar-refractivity contribution is 5.83. The van der Waals surface area contributed by atoms with Gasteiger partial charge in [0.1, 0.15) is 12.6 Å². The number of carbonyl (C=O) groups is 1. The maximum Gasteiger partial charge on any atom is 0.426 e. The first-order valence-electron chi connectivity index (χ1n) is 10.1. The predicted octanol–water partition coefficient (Wildman–Crippen LogP) is 6.06. The normalized spacial score (nSPS) is 29.8. The number of ether oxygens (including phenoxy) is 2. The number of halogens is 6. The minimum absolute atomic E-state index is 0.0295. The minimum atomic E-state index is -5.60. The lowest BCUT2D eigenvalue weighted by atomic mass is 9.62. The first-order chi connectivity index (χ1) is 13.3. The van der Waals surface area contributed by atoms with Gasteiger partial charge < -0.3 is 9.47 Å². The van der Waals surface area contributed by atoms with Crippen molar-refractivity contribution < 1.29 is 40.6 Å². The van der Waals surface area contributed by atoms with E-state index in [1.807, 2.05) is 6.92 Å². The van der Waals surface area contributed by atoms with E-state index in [4.69, 9.17) is 0 Å². The van der Waals surface area contributed by atoms with Crippen LogP contribution < -0.4 is 0 Å². The molecule has 0 saturated heterocycles. The zero-order valence-corrected chi connectivity index (χ0v) is 17.1. The van der Waals surface area contributed by atoms with Gasteiger partial charge in [0.05, 0.1) is 0 Å². The molecule has 0 aromatic carbocycles. The monoisotopic (exact) mass is 432 g/mol. The number of hydrogen-bond acceptors (Lipinski definition) is 3. The molecule has 2 fully saturated rings. The zero-order valence-electron chi connectivity index (χ0n) is 17.1. The van der Waals surface area contributed by atoms with Crippen molar-refractivity contribution in [2.45, 2.75) is 83.2 Å². The summed E-state index contributed by atoms with van der Waals surface area (Å²) < 4.78 is 89.0. The summed E-state index contributed by atoms with van der Waals surface area (Å²) in [6, 6.07) is 0. The van der Waals surface area contributed by atoms with Crippen molar-refractivity contribution in [2.75, 3.05) is 13.9 Å². The number of rotatable bonds is 8. The van der Waals surface area contributed by atoms with Crippen LogP contribution in [0.5, 0.6) is 0 Å². The van der Waals surface area contributed by atoms with E-state index in [1.165, 1.54) is 0 Å². The van der Waals surface area contributed by atoms with Gasteiger partial charge in [0.25, 0.3) is 5.60 Å². The fourth-order valence-electron chi connectivity index (χ4n) is 5.62. The van der Waals surface area contributed by atoms with Gasteiger partial charge in [-0.05, 0) is 55.8 Å². The van der Waals surface area contributed by atoms with Crippen LogP contribution in [-0.2, 0) is 14.3 Å². The molecule has 170 valence electrons. The molecule has 0 aromatic rings. The average Bonchev–Trinajstić information content (AvgIpc) is 2.94. The van der Waals surface area contributed by atoms with E-state index in [9.17, 15) is 31.1 Å². The molecule has 0 heterocycles. The molecule has 3 nitrogen and oxygen atoms in total. The highest BCUT2D eigenvalue weighted by atomic mass is 19.4. The number of hydrogen-bond donors (Lipinski definition) is 0. The van der Waals surface area contributed by atoms with Gasteiger partial charge in [-0.3, -0.25) is 4.79 Å². The van der Waals surface area contributed by atoms with Crippen LogP contribution in [0.2, 0.25) is 0 Å². The van der Waals surface area contributed by atoms with Gasteiger partial charge >= 0.3 is 12.4 Å². The third-order valence-electron chi connectivity index (χ3n) is 7.15. The number of alkyl halides is 6. The predicted molar refractivity (Wildman–Crippen MR) is 94.0 cm³/mol. The maximum absolute atomic E-state index is 13.4. The summed E-state index contributed by atoms with van der Waals surface area (Å²) in [4.78, 5) is 12.2. The van der Waals surface area contributed by atoms with Gasteiger partial charge in [-0.25, -0.2) is 0 Å². The van der Waals surface area contributed by atoms with Gasteiger partial charge in [-0.2, -0.15) is 26.3 Å². The largest absolute Gasteiger partial charge is 0.426 e. The number of methoxy groups -OCH3 is 1. The van der Waals surface area contributed by atoms with E-state index in [0.717, 1.165) is 32.8 Å². The lowest BCUT2D eigenvalue weighted by Gasteiger charge is -2.42. The van der Waals surface area contributed by atoms with Crippen molar-refractivity contribution in [3.05, 3.63) is 0 Å². The highest BCUT2D eigenvalue weighted by Crippen LogP contribution is 2.57. The molecule has 2 aliphatic rings. The summed E-state index contributed by atoms with van der Waals surface area (Å²) in [5, 5.41) is 0. The standard InChI is InChI=1S/C20H30F6O3/c1-13(14-8-9-15-16(27)7-5-10-17(14,15)2)6-4-11-18(19(21,22)23,20(24,25)26)29-12-28-3/h13-15H,4-12H2,1-3H3/t13-,14-,15+,17-/m1/s1. The van der Waals surface area contributed by atoms with Crippen LogP contribution in [0.1, 0.15) is 65.2 Å². The summed E-state index contributed by atoms with van der Waals surface area (Å²) in [7, 11) is 0.974. The molecule has 2 rings (SSSR count). The molecular weight excluding hydrogens is 402 g/mol. The van der Waals surface area contributed by atoms with Crippen molar-refractivity contribution >= 4 is 5.78 Å². The minimum Gasteiger partial charge on any atom is -0.359 e. The second-order valence-corrected chi connectivity index (χ2v) is 8.81. The molecule has 0 amide bonds. The van der Waals surface area contributed by atoms with Gasteiger partial charge in [-0.1, -0.05) is 20.3 Å². The molecule has 0 N–H and O–H groups in total. The zero-order chi connectivity index (χ0) is 22.1. The summed E-state index contributed by atoms with van der Waals surface area (Å²) in [6.07, 6.45) is -8.69. The van der Waals surface area contributed by atoms with Crippen LogP contribution in [-0.4, -0.2) is 37.6 Å². The van der Waals surface area contributed by atoms with Gasteiger partial charge in [0, 0.05) is 19.4 Å². The van der Waals surface area contributed by atoms with Crippen LogP contribution >= 0.6 is 0 Å². The van der Waals surface area contributed by atoms with Crippen molar-refractivity contribution in [2.24, 2.45) is 23.2 Å². The third-order valence-corrected chi connectivity index (χ3v) is 7.15. The Bertz CT molecular complexity index is 560. The average molecular weight is 432 g/mol. The van der Waals surface area contributed by atoms with Crippen LogP contribution in [0.25, 0.3) is 0 Å². The molecule has 0 unspecified atom stereocenters. The summed E-state index contributed by atoms with van der Waals surface area (Å²) >= 11 is 0. The molecule has 0 bridgehead atoms. The van der Waals surface area contributed by atoms with Crippen LogP contribution in [0, 0.1) is 23.2 Å². The lowest BCUT2D eigenvalue weighted by molar-refractivity contribution is -0.394. The number of carbonyl (C=O) groups excluding carboxylic acids is 1. The molecule has 9 heteroatoms. The van der Waals surface area contributed by atoms with Crippen LogP contribution in [0.4, 0.5) is 26.3 Å². The topological polar surface area (TPSA) is 35.5 Å². The summed E-state index contributed by atoms with van der Waals surface area (Å²) in [5.41, 5.74) is -4.44. The molecule has 4 atom stereocenters. The molecular formula is C20H30F6O3. The van der Waals surface area contributed by atoms with Crippen molar-refractivity contribution in [1.82, 2.24) is 0 Å². The van der Waals surface area contributed by atoms with Crippen molar-refractivity contribution in [1.29, 1.82) is 0 Å². The quantitative estimate of drug-likeness (QED) is 0.345. The number of Topliss-reactive ketones (excluding diaryl/α,β-unsaturated/α-hetero) is 1. The first kappa shape index (κ1) is 24.4. The van der Waals surface area contributed by atoms with E-state index in [2.05, 4.69) is 16.4 Å². The van der Waals surface area contributed by atoms with E-state index in [-0.39, 0.29) is 41.8 Å². The van der Waals surface area contributed by atoms with E-state index in [0.29, 0.717) is 6.42 Å². The maximum atomic E-state index is 13.4. The Morgan fingerprint density at radius 3 is 2.31 bits per heavy atom. The third kappa shape index (κ3) is 4.60. The Morgan fingerprint density at radius 2 is 1.76 bits per heavy atom. The Kier molecular flexibility index (Phi) is 7.36. The molecule has 0 radical (unpaired) electrons. The van der Waals surface area contributed by atoms with Gasteiger partial charge in [0.15, 0.2) is 0 Å². The van der Waals surface area contributed by atoms with E-state index in [1.54, 1.807) is 0 Å². The Balaban J connectivity index is 2.08. The summed E-state index contributed by atoms with van der Waals surface area (Å²) in [5.74, 6) is 0.271. The second-order valence-electron chi connectivity index (χ2n) is 8.81. The van der Waals surface area contributed by atoms with E-state index >= 15 is 0 Å². The lowest BCUT2D eigenvalue weighted by Crippen LogP contribution is -2.59. The fraction of sp³-hybridized carbons (Fsp3) is 0.950. The van der Waals surface area contributed by atoms with Crippen molar-refractivity contribution in [3.8, 4) is 0 Å². The van der Waals surface area contributed by atoms with Crippen LogP contribution in [0.15, 0.2) is 0 Å². The second kappa shape index (κ2) is 8.73. The molecule has 29 heavy (non-hydrogen) atoms. The Hall–Kier alpha value is -0.830. The molecule has 0 spiro atoms. The van der Waals surface area contributed by atoms with Gasteiger partial charge in [-0.15, -0.1) is 0 Å². The van der Waals surface area contributed by atoms with Gasteiger partial charge in [0.2, 0.25) is 0 Å². The summed E-state index contributed by atoms with van der Waals surface area (Å²) in [6.45, 7) is 2.83. The molecule has 2 saturated carbocycles. The molecule has 0 aliphatic heterocycles. The van der Waals surface area contributed by atoms with Crippen LogP contribution in [0.3, 0.4) is 0 Å². The number of ketones is 1. The van der Waals surface area contributed by atoms with E-state index < -0.39 is 31.2 Å². The fourth-order valence-corrected chi connectivity index (χ4v) is 5.62. The Labute approximate surface area is 167 Å². The number of fused-ring (bicyclic) bond motifs is 1. The Morgan fingerprint density at radius 1 is 1.14 bits per heavy atom. The van der Waals surface area contributed by atoms with Crippen molar-refractivity contribution in [3.63, 3.8) is 0 Å². The molecule has 0 aromatic heterocycles. The molecule has 2 aliphatic carbocycles. The first-order valence-corrected chi connectivity index (χ1v) is 10.1.